The Morgan fingerprint density at radius 2 is 2.00 bits per heavy atom. The lowest BCUT2D eigenvalue weighted by molar-refractivity contribution is -0.133. The fourth-order valence-electron chi connectivity index (χ4n) is 2.83. The molecule has 1 aromatic rings. The number of amides is 1. The highest BCUT2D eigenvalue weighted by molar-refractivity contribution is 5.76. The van der Waals surface area contributed by atoms with Gasteiger partial charge in [0.25, 0.3) is 0 Å². The van der Waals surface area contributed by atoms with Gasteiger partial charge in [-0.15, -0.1) is 0 Å². The van der Waals surface area contributed by atoms with Crippen LogP contribution in [-0.4, -0.2) is 30.5 Å². The zero-order valence-electron chi connectivity index (χ0n) is 13.0. The van der Waals surface area contributed by atoms with E-state index in [4.69, 9.17) is 10.5 Å². The number of hydrogen-bond acceptors (Lipinski definition) is 3. The smallest absolute Gasteiger partial charge is 0.225 e. The summed E-state index contributed by atoms with van der Waals surface area (Å²) in [4.78, 5) is 14.1. The zero-order chi connectivity index (χ0) is 15.2. The van der Waals surface area contributed by atoms with Crippen LogP contribution in [0.25, 0.3) is 0 Å². The molecule has 4 nitrogen and oxygen atoms in total. The van der Waals surface area contributed by atoms with Crippen LogP contribution in [0.1, 0.15) is 33.1 Å². The molecule has 1 fully saturated rings. The second-order valence-electron chi connectivity index (χ2n) is 6.10. The summed E-state index contributed by atoms with van der Waals surface area (Å²) >= 11 is 0. The molecule has 116 valence electrons. The number of likely N-dealkylation sites (tertiary alicyclic amines) is 1. The third kappa shape index (κ3) is 4.38. The van der Waals surface area contributed by atoms with Gasteiger partial charge in [-0.1, -0.05) is 26.0 Å². The summed E-state index contributed by atoms with van der Waals surface area (Å²) in [7, 11) is 0. The molecule has 1 aromatic carbocycles. The van der Waals surface area contributed by atoms with E-state index in [1.165, 1.54) is 0 Å². The fraction of sp³-hybridized carbons (Fsp3) is 0.588. The molecule has 0 atom stereocenters. The van der Waals surface area contributed by atoms with Crippen LogP contribution in [0, 0.1) is 11.8 Å². The van der Waals surface area contributed by atoms with E-state index < -0.39 is 0 Å². The van der Waals surface area contributed by atoms with Gasteiger partial charge in [-0.3, -0.25) is 4.79 Å². The van der Waals surface area contributed by atoms with Gasteiger partial charge in [-0.2, -0.15) is 0 Å². The molecule has 4 heteroatoms. The number of piperidine rings is 1. The third-order valence-electron chi connectivity index (χ3n) is 4.33. The summed E-state index contributed by atoms with van der Waals surface area (Å²) in [5, 5.41) is 0. The minimum Gasteiger partial charge on any atom is -0.491 e. The van der Waals surface area contributed by atoms with E-state index in [2.05, 4.69) is 13.8 Å². The number of carbonyl (C=O) groups is 1. The SMILES string of the molecule is CC(C)C1CCN(C(=O)CCOc2ccccc2N)CC1. The molecular formula is C17H26N2O2. The predicted octanol–water partition coefficient (Wildman–Crippen LogP) is 2.93. The summed E-state index contributed by atoms with van der Waals surface area (Å²) in [6.07, 6.45) is 2.66. The number of nitrogens with two attached hydrogens (primary N) is 1. The Kier molecular flexibility index (Phi) is 5.48. The van der Waals surface area contributed by atoms with Crippen LogP contribution in [0.15, 0.2) is 24.3 Å². The summed E-state index contributed by atoms with van der Waals surface area (Å²) in [5.41, 5.74) is 6.42. The van der Waals surface area contributed by atoms with Crippen molar-refractivity contribution >= 4 is 11.6 Å². The summed E-state index contributed by atoms with van der Waals surface area (Å²) in [5.74, 6) is 2.32. The van der Waals surface area contributed by atoms with Gasteiger partial charge in [0.05, 0.1) is 18.7 Å². The number of hydrogen-bond donors (Lipinski definition) is 1. The lowest BCUT2D eigenvalue weighted by Crippen LogP contribution is -2.40. The molecule has 0 bridgehead atoms. The van der Waals surface area contributed by atoms with Gasteiger partial charge in [-0.25, -0.2) is 0 Å². The maximum atomic E-state index is 12.2. The van der Waals surface area contributed by atoms with Crippen molar-refractivity contribution in [3.05, 3.63) is 24.3 Å². The number of para-hydroxylation sites is 2. The molecular weight excluding hydrogens is 264 g/mol. The quantitative estimate of drug-likeness (QED) is 0.848. The summed E-state index contributed by atoms with van der Waals surface area (Å²) in [6.45, 7) is 6.68. The molecule has 0 spiro atoms. The Morgan fingerprint density at radius 3 is 2.62 bits per heavy atom. The Balaban J connectivity index is 1.72. The molecule has 1 saturated heterocycles. The summed E-state index contributed by atoms with van der Waals surface area (Å²) < 4.78 is 5.59. The third-order valence-corrected chi connectivity index (χ3v) is 4.33. The summed E-state index contributed by atoms with van der Waals surface area (Å²) in [6, 6.07) is 7.37. The van der Waals surface area contributed by atoms with Gasteiger partial charge in [0, 0.05) is 13.1 Å². The zero-order valence-corrected chi connectivity index (χ0v) is 13.0. The van der Waals surface area contributed by atoms with Gasteiger partial charge in [0.2, 0.25) is 5.91 Å². The van der Waals surface area contributed by atoms with Gasteiger partial charge < -0.3 is 15.4 Å². The first-order chi connectivity index (χ1) is 10.1. The number of rotatable bonds is 5. The van der Waals surface area contributed by atoms with E-state index in [9.17, 15) is 4.79 Å². The average Bonchev–Trinajstić information content (AvgIpc) is 2.49. The molecule has 0 aromatic heterocycles. The molecule has 1 aliphatic heterocycles. The van der Waals surface area contributed by atoms with Crippen LogP contribution >= 0.6 is 0 Å². The van der Waals surface area contributed by atoms with E-state index >= 15 is 0 Å². The van der Waals surface area contributed by atoms with Crippen molar-refractivity contribution in [2.75, 3.05) is 25.4 Å². The highest BCUT2D eigenvalue weighted by atomic mass is 16.5. The molecule has 1 aliphatic rings. The number of ether oxygens (including phenoxy) is 1. The maximum absolute atomic E-state index is 12.2. The minimum atomic E-state index is 0.187. The number of benzene rings is 1. The van der Waals surface area contributed by atoms with Gasteiger partial charge >= 0.3 is 0 Å². The highest BCUT2D eigenvalue weighted by Crippen LogP contribution is 2.25. The largest absolute Gasteiger partial charge is 0.491 e. The average molecular weight is 290 g/mol. The Bertz CT molecular complexity index is 466. The first-order valence-corrected chi connectivity index (χ1v) is 7.83. The lowest BCUT2D eigenvalue weighted by atomic mass is 9.86. The highest BCUT2D eigenvalue weighted by Gasteiger charge is 2.24. The molecule has 2 N–H and O–H groups in total. The van der Waals surface area contributed by atoms with Crippen molar-refractivity contribution in [3.8, 4) is 5.75 Å². The standard InChI is InChI=1S/C17H26N2O2/c1-13(2)14-7-10-19(11-8-14)17(20)9-12-21-16-6-4-3-5-15(16)18/h3-6,13-14H,7-12,18H2,1-2H3. The van der Waals surface area contributed by atoms with Crippen LogP contribution in [0.4, 0.5) is 5.69 Å². The lowest BCUT2D eigenvalue weighted by Gasteiger charge is -2.34. The van der Waals surface area contributed by atoms with Crippen LogP contribution in [0.2, 0.25) is 0 Å². The molecule has 21 heavy (non-hydrogen) atoms. The van der Waals surface area contributed by atoms with Crippen LogP contribution in [0.5, 0.6) is 5.75 Å². The fourth-order valence-corrected chi connectivity index (χ4v) is 2.83. The van der Waals surface area contributed by atoms with Crippen LogP contribution in [-0.2, 0) is 4.79 Å². The Hall–Kier alpha value is -1.71. The van der Waals surface area contributed by atoms with Gasteiger partial charge in [-0.05, 0) is 36.8 Å². The van der Waals surface area contributed by atoms with Crippen molar-refractivity contribution in [1.82, 2.24) is 4.90 Å². The molecule has 0 aliphatic carbocycles. The number of carbonyl (C=O) groups excluding carboxylic acids is 1. The normalized spacial score (nSPS) is 16.2. The van der Waals surface area contributed by atoms with E-state index in [1.807, 2.05) is 23.1 Å². The molecule has 0 saturated carbocycles. The first kappa shape index (κ1) is 15.7. The number of nitrogen functional groups attached to an aromatic ring is 1. The second kappa shape index (κ2) is 7.34. The maximum Gasteiger partial charge on any atom is 0.225 e. The predicted molar refractivity (Wildman–Crippen MR) is 85.1 cm³/mol. The van der Waals surface area contributed by atoms with E-state index in [1.54, 1.807) is 6.07 Å². The molecule has 1 amide bonds. The van der Waals surface area contributed by atoms with E-state index in [-0.39, 0.29) is 5.91 Å². The van der Waals surface area contributed by atoms with Crippen LogP contribution < -0.4 is 10.5 Å². The van der Waals surface area contributed by atoms with Crippen molar-refractivity contribution in [2.24, 2.45) is 11.8 Å². The Morgan fingerprint density at radius 1 is 1.33 bits per heavy atom. The molecule has 0 unspecified atom stereocenters. The minimum absolute atomic E-state index is 0.187. The topological polar surface area (TPSA) is 55.6 Å². The molecule has 2 rings (SSSR count). The molecule has 1 heterocycles. The first-order valence-electron chi connectivity index (χ1n) is 7.83. The van der Waals surface area contributed by atoms with Crippen molar-refractivity contribution in [1.29, 1.82) is 0 Å². The van der Waals surface area contributed by atoms with E-state index in [0.29, 0.717) is 30.4 Å². The van der Waals surface area contributed by atoms with Crippen molar-refractivity contribution < 1.29 is 9.53 Å². The number of anilines is 1. The molecule has 0 radical (unpaired) electrons. The number of nitrogens with zero attached hydrogens (tertiary/aromatic N) is 1. The second-order valence-corrected chi connectivity index (χ2v) is 6.10. The monoisotopic (exact) mass is 290 g/mol. The van der Waals surface area contributed by atoms with Gasteiger partial charge in [0.1, 0.15) is 5.75 Å². The van der Waals surface area contributed by atoms with Gasteiger partial charge in [0.15, 0.2) is 0 Å². The van der Waals surface area contributed by atoms with Crippen LogP contribution in [0.3, 0.4) is 0 Å². The van der Waals surface area contributed by atoms with Crippen molar-refractivity contribution in [2.45, 2.75) is 33.1 Å². The van der Waals surface area contributed by atoms with Crippen molar-refractivity contribution in [3.63, 3.8) is 0 Å². The van der Waals surface area contributed by atoms with E-state index in [0.717, 1.165) is 31.8 Å². The Labute approximate surface area is 127 Å².